The number of carboxylic acid groups (broad SMARTS) is 1. The smallest absolute Gasteiger partial charge is 0.305 e. The van der Waals surface area contributed by atoms with Crippen LogP contribution in [0.3, 0.4) is 0 Å². The number of carbonyl (C=O) groups excluding carboxylic acids is 1. The standard InChI is InChI=1S/C13H13BrFNO3/c14-11-4-3-8(15)6-10(11)13(19)16-5-1-2-9(16)7-12(17)18/h3-4,6,9H,1-2,5,7H2,(H,17,18). The van der Waals surface area contributed by atoms with Gasteiger partial charge in [0.1, 0.15) is 5.82 Å². The van der Waals surface area contributed by atoms with Gasteiger partial charge < -0.3 is 10.0 Å². The number of rotatable bonds is 3. The number of carboxylic acids is 1. The highest BCUT2D eigenvalue weighted by atomic mass is 79.9. The summed E-state index contributed by atoms with van der Waals surface area (Å²) in [6.07, 6.45) is 1.38. The number of nitrogens with zero attached hydrogens (tertiary/aromatic N) is 1. The van der Waals surface area contributed by atoms with Gasteiger partial charge in [-0.2, -0.15) is 0 Å². The minimum atomic E-state index is -0.928. The lowest BCUT2D eigenvalue weighted by Crippen LogP contribution is -2.37. The summed E-state index contributed by atoms with van der Waals surface area (Å²) >= 11 is 3.22. The van der Waals surface area contributed by atoms with Gasteiger partial charge in [0, 0.05) is 17.1 Å². The number of hydrogen-bond acceptors (Lipinski definition) is 2. The number of hydrogen-bond donors (Lipinski definition) is 1. The van der Waals surface area contributed by atoms with Gasteiger partial charge in [0.2, 0.25) is 0 Å². The Morgan fingerprint density at radius 1 is 1.47 bits per heavy atom. The van der Waals surface area contributed by atoms with Crippen LogP contribution < -0.4 is 0 Å². The predicted octanol–water partition coefficient (Wildman–Crippen LogP) is 2.67. The molecule has 2 rings (SSSR count). The van der Waals surface area contributed by atoms with Crippen molar-refractivity contribution in [2.75, 3.05) is 6.54 Å². The lowest BCUT2D eigenvalue weighted by Gasteiger charge is -2.24. The molecule has 1 aliphatic heterocycles. The van der Waals surface area contributed by atoms with Gasteiger partial charge >= 0.3 is 5.97 Å². The van der Waals surface area contributed by atoms with Crippen LogP contribution in [0.4, 0.5) is 4.39 Å². The first-order chi connectivity index (χ1) is 8.99. The molecule has 1 atom stereocenters. The molecule has 1 aromatic carbocycles. The van der Waals surface area contributed by atoms with Gasteiger partial charge in [0.25, 0.3) is 5.91 Å². The van der Waals surface area contributed by atoms with E-state index in [9.17, 15) is 14.0 Å². The van der Waals surface area contributed by atoms with E-state index in [1.807, 2.05) is 0 Å². The third-order valence-corrected chi connectivity index (χ3v) is 3.90. The van der Waals surface area contributed by atoms with Gasteiger partial charge in [-0.25, -0.2) is 4.39 Å². The summed E-state index contributed by atoms with van der Waals surface area (Å²) in [6.45, 7) is 0.514. The largest absolute Gasteiger partial charge is 0.481 e. The first kappa shape index (κ1) is 14.0. The van der Waals surface area contributed by atoms with Crippen LogP contribution in [-0.4, -0.2) is 34.5 Å². The van der Waals surface area contributed by atoms with Crippen molar-refractivity contribution in [3.8, 4) is 0 Å². The lowest BCUT2D eigenvalue weighted by molar-refractivity contribution is -0.137. The SMILES string of the molecule is O=C(O)CC1CCCN1C(=O)c1cc(F)ccc1Br. The van der Waals surface area contributed by atoms with Crippen LogP contribution >= 0.6 is 15.9 Å². The highest BCUT2D eigenvalue weighted by Crippen LogP contribution is 2.26. The number of likely N-dealkylation sites (tertiary alicyclic amines) is 1. The summed E-state index contributed by atoms with van der Waals surface area (Å²) < 4.78 is 13.7. The number of amides is 1. The van der Waals surface area contributed by atoms with E-state index >= 15 is 0 Å². The Morgan fingerprint density at radius 2 is 2.21 bits per heavy atom. The fourth-order valence-electron chi connectivity index (χ4n) is 2.33. The second kappa shape index (κ2) is 5.69. The molecule has 102 valence electrons. The topological polar surface area (TPSA) is 57.6 Å². The van der Waals surface area contributed by atoms with E-state index < -0.39 is 11.8 Å². The van der Waals surface area contributed by atoms with Crippen LogP contribution in [0.25, 0.3) is 0 Å². The van der Waals surface area contributed by atoms with Gasteiger partial charge in [-0.15, -0.1) is 0 Å². The molecular weight excluding hydrogens is 317 g/mol. The Balaban J connectivity index is 2.23. The van der Waals surface area contributed by atoms with Gasteiger partial charge in [-0.05, 0) is 47.0 Å². The molecule has 19 heavy (non-hydrogen) atoms. The number of carbonyl (C=O) groups is 2. The number of benzene rings is 1. The van der Waals surface area contributed by atoms with Gasteiger partial charge in [0.15, 0.2) is 0 Å². The normalized spacial score (nSPS) is 18.6. The van der Waals surface area contributed by atoms with Crippen LogP contribution in [0.15, 0.2) is 22.7 Å². The highest BCUT2D eigenvalue weighted by Gasteiger charge is 2.31. The van der Waals surface area contributed by atoms with E-state index in [0.717, 1.165) is 6.42 Å². The summed E-state index contributed by atoms with van der Waals surface area (Å²) in [5, 5.41) is 8.84. The third-order valence-electron chi connectivity index (χ3n) is 3.21. The molecule has 0 radical (unpaired) electrons. The number of halogens is 2. The maximum Gasteiger partial charge on any atom is 0.305 e. The van der Waals surface area contributed by atoms with Crippen LogP contribution in [0, 0.1) is 5.82 Å². The molecule has 0 aliphatic carbocycles. The van der Waals surface area contributed by atoms with Crippen molar-refractivity contribution in [2.24, 2.45) is 0 Å². The van der Waals surface area contributed by atoms with Crippen molar-refractivity contribution in [1.82, 2.24) is 4.90 Å². The molecule has 0 saturated carbocycles. The minimum absolute atomic E-state index is 0.0708. The highest BCUT2D eigenvalue weighted by molar-refractivity contribution is 9.10. The van der Waals surface area contributed by atoms with Crippen molar-refractivity contribution < 1.29 is 19.1 Å². The molecule has 6 heteroatoms. The quantitative estimate of drug-likeness (QED) is 0.927. The van der Waals surface area contributed by atoms with Crippen molar-refractivity contribution in [1.29, 1.82) is 0 Å². The average Bonchev–Trinajstić information content (AvgIpc) is 2.78. The van der Waals surface area contributed by atoms with Crippen LogP contribution in [-0.2, 0) is 4.79 Å². The van der Waals surface area contributed by atoms with E-state index in [2.05, 4.69) is 15.9 Å². The molecule has 1 aliphatic rings. The van der Waals surface area contributed by atoms with Crippen LogP contribution in [0.1, 0.15) is 29.6 Å². The van der Waals surface area contributed by atoms with Gasteiger partial charge in [-0.1, -0.05) is 0 Å². The van der Waals surface area contributed by atoms with E-state index in [1.54, 1.807) is 0 Å². The second-order valence-corrected chi connectivity index (χ2v) is 5.37. The fraction of sp³-hybridized carbons (Fsp3) is 0.385. The third kappa shape index (κ3) is 3.12. The van der Waals surface area contributed by atoms with Gasteiger partial charge in [-0.3, -0.25) is 9.59 Å². The molecule has 1 unspecified atom stereocenters. The second-order valence-electron chi connectivity index (χ2n) is 4.52. The van der Waals surface area contributed by atoms with Crippen LogP contribution in [0.2, 0.25) is 0 Å². The fourth-order valence-corrected chi connectivity index (χ4v) is 2.75. The van der Waals surface area contributed by atoms with E-state index in [0.29, 0.717) is 17.4 Å². The molecule has 1 saturated heterocycles. The van der Waals surface area contributed by atoms with Crippen molar-refractivity contribution in [2.45, 2.75) is 25.3 Å². The van der Waals surface area contributed by atoms with Crippen molar-refractivity contribution >= 4 is 27.8 Å². The zero-order valence-electron chi connectivity index (χ0n) is 10.1. The Hall–Kier alpha value is -1.43. The van der Waals surface area contributed by atoms with Crippen molar-refractivity contribution in [3.63, 3.8) is 0 Å². The first-order valence-corrected chi connectivity index (χ1v) is 6.76. The Bertz CT molecular complexity index is 521. The van der Waals surface area contributed by atoms with Crippen LogP contribution in [0.5, 0.6) is 0 Å². The summed E-state index contributed by atoms with van der Waals surface area (Å²) in [4.78, 5) is 24.6. The summed E-state index contributed by atoms with van der Waals surface area (Å²) in [6, 6.07) is 3.60. The van der Waals surface area contributed by atoms with E-state index in [1.165, 1.54) is 23.1 Å². The van der Waals surface area contributed by atoms with Gasteiger partial charge in [0.05, 0.1) is 12.0 Å². The molecule has 1 heterocycles. The van der Waals surface area contributed by atoms with Crippen molar-refractivity contribution in [3.05, 3.63) is 34.1 Å². The predicted molar refractivity (Wildman–Crippen MR) is 70.4 cm³/mol. The number of aliphatic carboxylic acids is 1. The Morgan fingerprint density at radius 3 is 2.89 bits per heavy atom. The zero-order chi connectivity index (χ0) is 14.0. The first-order valence-electron chi connectivity index (χ1n) is 5.97. The molecule has 4 nitrogen and oxygen atoms in total. The Labute approximate surface area is 118 Å². The molecule has 1 amide bonds. The molecule has 1 N–H and O–H groups in total. The molecule has 0 spiro atoms. The zero-order valence-corrected chi connectivity index (χ0v) is 11.7. The molecule has 0 aromatic heterocycles. The molecule has 0 bridgehead atoms. The summed E-state index contributed by atoms with van der Waals surface area (Å²) in [5.74, 6) is -1.74. The minimum Gasteiger partial charge on any atom is -0.481 e. The average molecular weight is 330 g/mol. The molecule has 1 aromatic rings. The lowest BCUT2D eigenvalue weighted by atomic mass is 10.1. The summed E-state index contributed by atoms with van der Waals surface area (Å²) in [7, 11) is 0. The molecule has 1 fully saturated rings. The van der Waals surface area contributed by atoms with E-state index in [4.69, 9.17) is 5.11 Å². The molecular formula is C13H13BrFNO3. The maximum absolute atomic E-state index is 13.2. The summed E-state index contributed by atoms with van der Waals surface area (Å²) in [5.41, 5.74) is 0.234. The Kier molecular flexibility index (Phi) is 4.19. The monoisotopic (exact) mass is 329 g/mol. The van der Waals surface area contributed by atoms with E-state index in [-0.39, 0.29) is 23.9 Å². The maximum atomic E-state index is 13.2.